The molecule has 5 rings (SSSR count). The van der Waals surface area contributed by atoms with E-state index in [1.165, 1.54) is 17.7 Å². The van der Waals surface area contributed by atoms with Crippen LogP contribution in [0.25, 0.3) is 11.0 Å². The number of fused-ring (bicyclic) bond motifs is 3. The van der Waals surface area contributed by atoms with Crippen LogP contribution < -0.4 is 0 Å². The number of hydrogen-bond acceptors (Lipinski definition) is 3. The summed E-state index contributed by atoms with van der Waals surface area (Å²) in [4.78, 5) is 15.1. The molecule has 3 atom stereocenters. The van der Waals surface area contributed by atoms with Gasteiger partial charge in [0.1, 0.15) is 17.9 Å². The fourth-order valence-corrected chi connectivity index (χ4v) is 4.84. The van der Waals surface area contributed by atoms with Gasteiger partial charge >= 0.3 is 0 Å². The Labute approximate surface area is 156 Å². The van der Waals surface area contributed by atoms with E-state index < -0.39 is 0 Å². The Morgan fingerprint density at radius 3 is 2.48 bits per heavy atom. The number of halogens is 1. The second kappa shape index (κ2) is 6.44. The number of nitrogens with zero attached hydrogens (tertiary/aromatic N) is 4. The van der Waals surface area contributed by atoms with E-state index in [-0.39, 0.29) is 30.4 Å². The van der Waals surface area contributed by atoms with Crippen LogP contribution >= 0.6 is 0 Å². The van der Waals surface area contributed by atoms with E-state index in [0.717, 1.165) is 36.7 Å². The summed E-state index contributed by atoms with van der Waals surface area (Å²) in [7, 11) is 0. The van der Waals surface area contributed by atoms with Crippen LogP contribution in [0.1, 0.15) is 37.2 Å². The van der Waals surface area contributed by atoms with E-state index in [9.17, 15) is 9.18 Å². The number of hydrogen-bond donors (Lipinski definition) is 0. The molecular formula is C21H21FN4O. The number of amides is 1. The maximum absolute atomic E-state index is 13.2. The van der Waals surface area contributed by atoms with Gasteiger partial charge in [-0.1, -0.05) is 29.5 Å². The van der Waals surface area contributed by atoms with E-state index in [2.05, 4.69) is 15.2 Å². The molecule has 5 nitrogen and oxygen atoms in total. The first-order valence-corrected chi connectivity index (χ1v) is 9.54. The molecule has 6 heteroatoms. The molecule has 2 fully saturated rings. The van der Waals surface area contributed by atoms with E-state index in [0.29, 0.717) is 5.92 Å². The lowest BCUT2D eigenvalue weighted by Gasteiger charge is -2.39. The van der Waals surface area contributed by atoms with Gasteiger partial charge in [-0.25, -0.2) is 9.07 Å². The first-order chi connectivity index (χ1) is 13.2. The lowest BCUT2D eigenvalue weighted by Crippen LogP contribution is -2.47. The zero-order chi connectivity index (χ0) is 18.4. The zero-order valence-electron chi connectivity index (χ0n) is 15.0. The molecule has 2 saturated heterocycles. The van der Waals surface area contributed by atoms with Gasteiger partial charge in [0.15, 0.2) is 0 Å². The van der Waals surface area contributed by atoms with Crippen LogP contribution in [-0.2, 0) is 11.3 Å². The molecule has 1 aromatic heterocycles. The Morgan fingerprint density at radius 1 is 1.04 bits per heavy atom. The minimum atomic E-state index is -0.200. The van der Waals surface area contributed by atoms with Crippen molar-refractivity contribution in [2.75, 3.05) is 0 Å². The third-order valence-corrected chi connectivity index (χ3v) is 6.07. The van der Waals surface area contributed by atoms with Crippen molar-refractivity contribution in [3.8, 4) is 0 Å². The molecule has 2 aliphatic heterocycles. The van der Waals surface area contributed by atoms with E-state index in [1.807, 2.05) is 36.4 Å². The average molecular weight is 364 g/mol. The summed E-state index contributed by atoms with van der Waals surface area (Å²) in [6, 6.07) is 15.1. The molecule has 2 bridgehead atoms. The van der Waals surface area contributed by atoms with Gasteiger partial charge in [0, 0.05) is 12.1 Å². The van der Waals surface area contributed by atoms with Crippen molar-refractivity contribution >= 4 is 16.9 Å². The minimum Gasteiger partial charge on any atom is -0.335 e. The second-order valence-corrected chi connectivity index (χ2v) is 7.64. The summed E-state index contributed by atoms with van der Waals surface area (Å²) in [6.45, 7) is 0.231. The zero-order valence-corrected chi connectivity index (χ0v) is 15.0. The molecule has 2 aliphatic rings. The average Bonchev–Trinajstić information content (AvgIpc) is 3.20. The molecule has 2 aromatic carbocycles. The number of aromatic nitrogens is 3. The highest BCUT2D eigenvalue weighted by Crippen LogP contribution is 2.43. The maximum Gasteiger partial charge on any atom is 0.244 e. The SMILES string of the molecule is O=C(Cn1nnc2ccccc21)N1[C@@H]2CC[C@H]1CC(c1ccc(F)cc1)C2. The van der Waals surface area contributed by atoms with Gasteiger partial charge in [-0.2, -0.15) is 0 Å². The Bertz CT molecular complexity index is 969. The molecule has 0 spiro atoms. The highest BCUT2D eigenvalue weighted by atomic mass is 19.1. The van der Waals surface area contributed by atoms with Crippen LogP contribution in [0.4, 0.5) is 4.39 Å². The van der Waals surface area contributed by atoms with Crippen LogP contribution in [0, 0.1) is 5.82 Å². The molecule has 0 saturated carbocycles. The minimum absolute atomic E-state index is 0.121. The quantitative estimate of drug-likeness (QED) is 0.715. The van der Waals surface area contributed by atoms with Crippen molar-refractivity contribution in [2.24, 2.45) is 0 Å². The van der Waals surface area contributed by atoms with Gasteiger partial charge in [-0.05, 0) is 61.4 Å². The topological polar surface area (TPSA) is 51.0 Å². The van der Waals surface area contributed by atoms with Gasteiger partial charge in [0.05, 0.1) is 5.52 Å². The summed E-state index contributed by atoms with van der Waals surface area (Å²) < 4.78 is 14.9. The summed E-state index contributed by atoms with van der Waals surface area (Å²) in [5.41, 5.74) is 2.88. The molecule has 3 aromatic rings. The van der Waals surface area contributed by atoms with Gasteiger partial charge in [0.25, 0.3) is 0 Å². The summed E-state index contributed by atoms with van der Waals surface area (Å²) >= 11 is 0. The smallest absolute Gasteiger partial charge is 0.244 e. The molecular weight excluding hydrogens is 343 g/mol. The first kappa shape index (κ1) is 16.4. The second-order valence-electron chi connectivity index (χ2n) is 7.64. The largest absolute Gasteiger partial charge is 0.335 e. The van der Waals surface area contributed by atoms with E-state index in [4.69, 9.17) is 0 Å². The normalized spacial score (nSPS) is 24.5. The number of para-hydroxylation sites is 1. The summed E-state index contributed by atoms with van der Waals surface area (Å²) in [6.07, 6.45) is 4.00. The number of benzene rings is 2. The molecule has 138 valence electrons. The van der Waals surface area contributed by atoms with Crippen molar-refractivity contribution < 1.29 is 9.18 Å². The Hall–Kier alpha value is -2.76. The van der Waals surface area contributed by atoms with Crippen molar-refractivity contribution in [1.82, 2.24) is 19.9 Å². The van der Waals surface area contributed by atoms with Crippen LogP contribution in [0.5, 0.6) is 0 Å². The van der Waals surface area contributed by atoms with Crippen molar-refractivity contribution in [3.05, 3.63) is 59.9 Å². The van der Waals surface area contributed by atoms with E-state index in [1.54, 1.807) is 4.68 Å². The molecule has 0 aliphatic carbocycles. The molecule has 27 heavy (non-hydrogen) atoms. The lowest BCUT2D eigenvalue weighted by molar-refractivity contribution is -0.136. The maximum atomic E-state index is 13.2. The van der Waals surface area contributed by atoms with Gasteiger partial charge in [-0.15, -0.1) is 5.10 Å². The van der Waals surface area contributed by atoms with Gasteiger partial charge in [0.2, 0.25) is 5.91 Å². The van der Waals surface area contributed by atoms with Crippen LogP contribution in [0.3, 0.4) is 0 Å². The highest BCUT2D eigenvalue weighted by Gasteiger charge is 2.43. The van der Waals surface area contributed by atoms with Crippen LogP contribution in [0.2, 0.25) is 0 Å². The third kappa shape index (κ3) is 2.89. The van der Waals surface area contributed by atoms with Crippen molar-refractivity contribution in [2.45, 2.75) is 50.2 Å². The van der Waals surface area contributed by atoms with Crippen molar-refractivity contribution in [3.63, 3.8) is 0 Å². The standard InChI is InChI=1S/C21H21FN4O/c22-16-7-5-14(6-8-16)15-11-17-9-10-18(12-15)26(17)21(27)13-25-20-4-2-1-3-19(20)23-24-25/h1-8,15,17-18H,9-13H2/t15?,17-,18+. The molecule has 0 N–H and O–H groups in total. The predicted molar refractivity (Wildman–Crippen MR) is 99.6 cm³/mol. The fourth-order valence-electron chi connectivity index (χ4n) is 4.84. The predicted octanol–water partition coefficient (Wildman–Crippen LogP) is 3.51. The monoisotopic (exact) mass is 364 g/mol. The molecule has 1 unspecified atom stereocenters. The fraction of sp³-hybridized carbons (Fsp3) is 0.381. The number of rotatable bonds is 3. The third-order valence-electron chi connectivity index (χ3n) is 6.07. The summed E-state index contributed by atoms with van der Waals surface area (Å²) in [5.74, 6) is 0.324. The van der Waals surface area contributed by atoms with Crippen LogP contribution in [0.15, 0.2) is 48.5 Å². The Morgan fingerprint density at radius 2 is 1.74 bits per heavy atom. The number of carbonyl (C=O) groups is 1. The van der Waals surface area contributed by atoms with Gasteiger partial charge < -0.3 is 4.90 Å². The Kier molecular flexibility index (Phi) is 3.92. The molecule has 0 radical (unpaired) electrons. The lowest BCUT2D eigenvalue weighted by atomic mass is 9.85. The van der Waals surface area contributed by atoms with Crippen LogP contribution in [-0.4, -0.2) is 37.9 Å². The van der Waals surface area contributed by atoms with Gasteiger partial charge in [-0.3, -0.25) is 4.79 Å². The first-order valence-electron chi connectivity index (χ1n) is 9.54. The van der Waals surface area contributed by atoms with Crippen molar-refractivity contribution in [1.29, 1.82) is 0 Å². The number of piperidine rings is 1. The molecule has 1 amide bonds. The number of carbonyl (C=O) groups excluding carboxylic acids is 1. The molecule has 3 heterocycles. The Balaban J connectivity index is 1.33. The summed E-state index contributed by atoms with van der Waals surface area (Å²) in [5, 5.41) is 8.30. The highest BCUT2D eigenvalue weighted by molar-refractivity contribution is 5.80. The van der Waals surface area contributed by atoms with E-state index >= 15 is 0 Å².